The second-order valence-electron chi connectivity index (χ2n) is 4.93. The molecule has 0 radical (unpaired) electrons. The van der Waals surface area contributed by atoms with Gasteiger partial charge in [0.15, 0.2) is 0 Å². The minimum atomic E-state index is -0.749. The molecule has 2 aliphatic carbocycles. The minimum absolute atomic E-state index is 0.234. The van der Waals surface area contributed by atoms with Crippen molar-refractivity contribution in [3.63, 3.8) is 0 Å². The van der Waals surface area contributed by atoms with Crippen molar-refractivity contribution in [2.24, 2.45) is 11.8 Å². The predicted octanol–water partition coefficient (Wildman–Crippen LogP) is 0.671. The van der Waals surface area contributed by atoms with Gasteiger partial charge in [0, 0.05) is 6.42 Å². The molecule has 3 N–H and O–H groups in total. The van der Waals surface area contributed by atoms with Gasteiger partial charge in [0.2, 0.25) is 0 Å². The Morgan fingerprint density at radius 3 is 2.21 bits per heavy atom. The van der Waals surface area contributed by atoms with Crippen LogP contribution in [-0.4, -0.2) is 33.6 Å². The fourth-order valence-electron chi connectivity index (χ4n) is 3.41. The van der Waals surface area contributed by atoms with Gasteiger partial charge < -0.3 is 15.3 Å². The lowest BCUT2D eigenvalue weighted by Crippen LogP contribution is -2.45. The summed E-state index contributed by atoms with van der Waals surface area (Å²) in [5.41, 5.74) is -0.680. The zero-order chi connectivity index (χ0) is 10.2. The van der Waals surface area contributed by atoms with Gasteiger partial charge in [-0.2, -0.15) is 0 Å². The second-order valence-corrected chi connectivity index (χ2v) is 4.93. The molecule has 2 bridgehead atoms. The van der Waals surface area contributed by atoms with E-state index >= 15 is 0 Å². The van der Waals surface area contributed by atoms with E-state index in [9.17, 15) is 10.2 Å². The van der Waals surface area contributed by atoms with Crippen LogP contribution in [0.1, 0.15) is 38.5 Å². The Hall–Kier alpha value is -0.120. The molecule has 0 spiro atoms. The summed E-state index contributed by atoms with van der Waals surface area (Å²) in [7, 11) is 0. The highest BCUT2D eigenvalue weighted by atomic mass is 16.3. The van der Waals surface area contributed by atoms with E-state index in [1.807, 2.05) is 0 Å². The molecule has 4 atom stereocenters. The van der Waals surface area contributed by atoms with E-state index < -0.39 is 11.7 Å². The average molecular weight is 200 g/mol. The molecule has 0 aromatic carbocycles. The summed E-state index contributed by atoms with van der Waals surface area (Å²) >= 11 is 0. The van der Waals surface area contributed by atoms with Gasteiger partial charge in [-0.1, -0.05) is 6.42 Å². The van der Waals surface area contributed by atoms with E-state index in [2.05, 4.69) is 0 Å². The standard InChI is InChI=1S/C11H20O3/c12-7-10(13)6-11(14)8-2-1-3-9(11)5-4-8/h8-10,12-14H,1-7H2/t8-,9?,10?,11+/m1/s1. The SMILES string of the molecule is OCC(O)C[C@@]1(O)C2CCC[C@@H]1CC2. The second kappa shape index (κ2) is 3.80. The first-order valence-corrected chi connectivity index (χ1v) is 5.68. The highest BCUT2D eigenvalue weighted by Crippen LogP contribution is 2.51. The Labute approximate surface area is 84.8 Å². The molecule has 0 amide bonds. The molecule has 14 heavy (non-hydrogen) atoms. The summed E-state index contributed by atoms with van der Waals surface area (Å²) in [6, 6.07) is 0. The van der Waals surface area contributed by atoms with Gasteiger partial charge in [0.05, 0.1) is 18.3 Å². The first-order chi connectivity index (χ1) is 6.66. The van der Waals surface area contributed by atoms with Gasteiger partial charge in [-0.25, -0.2) is 0 Å². The predicted molar refractivity (Wildman–Crippen MR) is 52.7 cm³/mol. The fraction of sp³-hybridized carbons (Fsp3) is 1.00. The molecule has 3 heteroatoms. The van der Waals surface area contributed by atoms with Crippen LogP contribution in [0.3, 0.4) is 0 Å². The molecule has 3 nitrogen and oxygen atoms in total. The summed E-state index contributed by atoms with van der Waals surface area (Å²) in [6.45, 7) is -0.234. The van der Waals surface area contributed by atoms with Gasteiger partial charge in [-0.05, 0) is 37.5 Å². The van der Waals surface area contributed by atoms with Crippen molar-refractivity contribution in [3.05, 3.63) is 0 Å². The zero-order valence-electron chi connectivity index (χ0n) is 8.52. The summed E-state index contributed by atoms with van der Waals surface area (Å²) in [5.74, 6) is 0.727. The maximum absolute atomic E-state index is 10.5. The van der Waals surface area contributed by atoms with E-state index in [0.29, 0.717) is 18.3 Å². The fourth-order valence-corrected chi connectivity index (χ4v) is 3.41. The van der Waals surface area contributed by atoms with Gasteiger partial charge in [-0.15, -0.1) is 0 Å². The number of rotatable bonds is 3. The molecule has 0 aromatic rings. The molecule has 0 heterocycles. The molecular formula is C11H20O3. The van der Waals surface area contributed by atoms with Gasteiger partial charge in [0.25, 0.3) is 0 Å². The lowest BCUT2D eigenvalue weighted by atomic mass is 9.72. The Morgan fingerprint density at radius 1 is 1.14 bits per heavy atom. The molecule has 2 fully saturated rings. The number of aliphatic hydroxyl groups is 3. The monoisotopic (exact) mass is 200 g/mol. The first-order valence-electron chi connectivity index (χ1n) is 5.68. The Kier molecular flexibility index (Phi) is 2.82. The zero-order valence-corrected chi connectivity index (χ0v) is 8.52. The van der Waals surface area contributed by atoms with E-state index in [1.165, 1.54) is 6.42 Å². The smallest absolute Gasteiger partial charge is 0.0798 e. The van der Waals surface area contributed by atoms with Crippen molar-refractivity contribution in [1.29, 1.82) is 0 Å². The quantitative estimate of drug-likeness (QED) is 0.627. The van der Waals surface area contributed by atoms with Crippen molar-refractivity contribution in [3.8, 4) is 0 Å². The molecule has 0 saturated heterocycles. The Balaban J connectivity index is 2.06. The maximum Gasteiger partial charge on any atom is 0.0798 e. The van der Waals surface area contributed by atoms with Crippen LogP contribution in [0, 0.1) is 11.8 Å². The molecule has 2 saturated carbocycles. The lowest BCUT2D eigenvalue weighted by molar-refractivity contribution is -0.0962. The van der Waals surface area contributed by atoms with Gasteiger partial charge in [-0.3, -0.25) is 0 Å². The third-order valence-electron chi connectivity index (χ3n) is 4.16. The van der Waals surface area contributed by atoms with E-state index in [0.717, 1.165) is 25.7 Å². The molecule has 2 aliphatic rings. The largest absolute Gasteiger partial charge is 0.394 e. The molecule has 0 aromatic heterocycles. The van der Waals surface area contributed by atoms with Crippen LogP contribution in [-0.2, 0) is 0 Å². The third-order valence-corrected chi connectivity index (χ3v) is 4.16. The maximum atomic E-state index is 10.5. The first kappa shape index (κ1) is 10.4. The van der Waals surface area contributed by atoms with E-state index in [1.54, 1.807) is 0 Å². The normalized spacial score (nSPS) is 43.9. The highest BCUT2D eigenvalue weighted by Gasteiger charge is 2.51. The van der Waals surface area contributed by atoms with Gasteiger partial charge >= 0.3 is 0 Å². The van der Waals surface area contributed by atoms with Crippen molar-refractivity contribution in [2.75, 3.05) is 6.61 Å². The van der Waals surface area contributed by atoms with Crippen molar-refractivity contribution in [2.45, 2.75) is 50.2 Å². The number of hydrogen-bond donors (Lipinski definition) is 3. The molecular weight excluding hydrogens is 180 g/mol. The van der Waals surface area contributed by atoms with Crippen LogP contribution in [0.5, 0.6) is 0 Å². The highest BCUT2D eigenvalue weighted by molar-refractivity contribution is 5.02. The van der Waals surface area contributed by atoms with Crippen LogP contribution in [0.15, 0.2) is 0 Å². The summed E-state index contributed by atoms with van der Waals surface area (Å²) < 4.78 is 0. The number of hydrogen-bond acceptors (Lipinski definition) is 3. The lowest BCUT2D eigenvalue weighted by Gasteiger charge is -2.40. The van der Waals surface area contributed by atoms with E-state index in [4.69, 9.17) is 5.11 Å². The number of aliphatic hydroxyl groups excluding tert-OH is 2. The third kappa shape index (κ3) is 1.58. The molecule has 82 valence electrons. The summed E-state index contributed by atoms with van der Waals surface area (Å²) in [5, 5.41) is 28.7. The van der Waals surface area contributed by atoms with Gasteiger partial charge in [0.1, 0.15) is 0 Å². The van der Waals surface area contributed by atoms with Crippen LogP contribution >= 0.6 is 0 Å². The van der Waals surface area contributed by atoms with Crippen LogP contribution in [0.2, 0.25) is 0 Å². The van der Waals surface area contributed by atoms with Crippen molar-refractivity contribution < 1.29 is 15.3 Å². The van der Waals surface area contributed by atoms with Crippen LogP contribution in [0.4, 0.5) is 0 Å². The summed E-state index contributed by atoms with van der Waals surface area (Å²) in [6.07, 6.45) is 5.20. The number of fused-ring (bicyclic) bond motifs is 2. The van der Waals surface area contributed by atoms with Crippen LogP contribution < -0.4 is 0 Å². The van der Waals surface area contributed by atoms with Crippen molar-refractivity contribution >= 4 is 0 Å². The topological polar surface area (TPSA) is 60.7 Å². The molecule has 0 aliphatic heterocycles. The van der Waals surface area contributed by atoms with E-state index in [-0.39, 0.29) is 6.61 Å². The van der Waals surface area contributed by atoms with Crippen molar-refractivity contribution in [1.82, 2.24) is 0 Å². The Bertz CT molecular complexity index is 189. The minimum Gasteiger partial charge on any atom is -0.394 e. The Morgan fingerprint density at radius 2 is 1.71 bits per heavy atom. The molecule has 2 rings (SSSR count). The van der Waals surface area contributed by atoms with Crippen LogP contribution in [0.25, 0.3) is 0 Å². The summed E-state index contributed by atoms with van der Waals surface area (Å²) in [4.78, 5) is 0. The molecule has 2 unspecified atom stereocenters. The average Bonchev–Trinajstić information content (AvgIpc) is 2.42.